The highest BCUT2D eigenvalue weighted by molar-refractivity contribution is 5.97. The molecule has 0 aliphatic rings. The molecule has 2 atom stereocenters. The third kappa shape index (κ3) is 3.92. The lowest BCUT2D eigenvalue weighted by Crippen LogP contribution is -2.42. The number of hydrogen-bond donors (Lipinski definition) is 5. The molecule has 2 aromatic carbocycles. The van der Waals surface area contributed by atoms with Gasteiger partial charge in [0, 0.05) is 18.7 Å². The van der Waals surface area contributed by atoms with E-state index in [-0.39, 0.29) is 5.69 Å². The number of nitrogens with two attached hydrogens (primary N) is 1. The highest BCUT2D eigenvalue weighted by Crippen LogP contribution is 2.18. The van der Waals surface area contributed by atoms with Crippen LogP contribution < -0.4 is 16.7 Å². The summed E-state index contributed by atoms with van der Waals surface area (Å²) in [4.78, 5) is 27.3. The summed E-state index contributed by atoms with van der Waals surface area (Å²) >= 11 is 0. The second kappa shape index (κ2) is 8.17. The molecule has 0 radical (unpaired) electrons. The zero-order chi connectivity index (χ0) is 19.4. The largest absolute Gasteiger partial charge is 0.394 e. The molecule has 1 heterocycles. The van der Waals surface area contributed by atoms with Gasteiger partial charge in [0.05, 0.1) is 23.7 Å². The second-order valence-electron chi connectivity index (χ2n) is 6.22. The molecule has 27 heavy (non-hydrogen) atoms. The van der Waals surface area contributed by atoms with Gasteiger partial charge in [-0.3, -0.25) is 9.36 Å². The molecule has 8 heteroatoms. The van der Waals surface area contributed by atoms with Crippen molar-refractivity contribution in [3.63, 3.8) is 0 Å². The number of carbonyl (C=O) groups is 1. The lowest BCUT2D eigenvalue weighted by atomic mass is 10.0. The van der Waals surface area contributed by atoms with Crippen LogP contribution in [0.2, 0.25) is 0 Å². The molecule has 8 nitrogen and oxygen atoms in total. The van der Waals surface area contributed by atoms with Crippen LogP contribution in [0, 0.1) is 0 Å². The number of H-pyrrole nitrogens is 1. The molecule has 0 bridgehead atoms. The van der Waals surface area contributed by atoms with Gasteiger partial charge >= 0.3 is 5.69 Å². The molecule has 3 aromatic rings. The van der Waals surface area contributed by atoms with Crippen molar-refractivity contribution < 1.29 is 15.0 Å². The fourth-order valence-electron chi connectivity index (χ4n) is 3.00. The SMILES string of the molecule is NCCn1c(=O)[nH]c2ccc(C(=O)NC(CO)C(O)c3ccccc3)cc21. The molecule has 6 N–H and O–H groups in total. The summed E-state index contributed by atoms with van der Waals surface area (Å²) in [5.41, 5.74) is 7.33. The Balaban J connectivity index is 1.84. The van der Waals surface area contributed by atoms with Gasteiger partial charge in [-0.1, -0.05) is 30.3 Å². The van der Waals surface area contributed by atoms with Crippen LogP contribution in [-0.2, 0) is 6.54 Å². The summed E-state index contributed by atoms with van der Waals surface area (Å²) in [6.07, 6.45) is -1.05. The predicted molar refractivity (Wildman–Crippen MR) is 101 cm³/mol. The normalized spacial score (nSPS) is 13.4. The standard InChI is InChI=1S/C19H22N4O4/c20-8-9-23-16-10-13(6-7-14(16)22-19(23)27)18(26)21-15(11-24)17(25)12-4-2-1-3-5-12/h1-7,10,15,17,24-25H,8-9,11,20H2,(H,21,26)(H,22,27). The van der Waals surface area contributed by atoms with E-state index in [1.165, 1.54) is 4.57 Å². The molecule has 2 unspecified atom stereocenters. The van der Waals surface area contributed by atoms with Gasteiger partial charge in [-0.2, -0.15) is 0 Å². The minimum absolute atomic E-state index is 0.291. The number of imidazole rings is 1. The van der Waals surface area contributed by atoms with Crippen LogP contribution in [0.3, 0.4) is 0 Å². The Labute approximate surface area is 155 Å². The zero-order valence-electron chi connectivity index (χ0n) is 14.6. The highest BCUT2D eigenvalue weighted by atomic mass is 16.3. The second-order valence-corrected chi connectivity index (χ2v) is 6.22. The van der Waals surface area contributed by atoms with E-state index in [2.05, 4.69) is 10.3 Å². The summed E-state index contributed by atoms with van der Waals surface area (Å²) in [6.45, 7) is 0.196. The van der Waals surface area contributed by atoms with E-state index in [9.17, 15) is 19.8 Å². The number of aromatic amines is 1. The molecule has 0 spiro atoms. The summed E-state index contributed by atoms with van der Waals surface area (Å²) in [5, 5.41) is 22.7. The van der Waals surface area contributed by atoms with E-state index in [1.807, 2.05) is 6.07 Å². The summed E-state index contributed by atoms with van der Waals surface area (Å²) in [6, 6.07) is 12.7. The van der Waals surface area contributed by atoms with Crippen molar-refractivity contribution in [2.45, 2.75) is 18.7 Å². The molecule has 0 saturated heterocycles. The molecule has 0 saturated carbocycles. The van der Waals surface area contributed by atoms with Gasteiger partial charge in [-0.05, 0) is 23.8 Å². The summed E-state index contributed by atoms with van der Waals surface area (Å²) in [5.74, 6) is -0.459. The minimum atomic E-state index is -1.05. The van der Waals surface area contributed by atoms with E-state index < -0.39 is 24.7 Å². The molecule has 1 amide bonds. The zero-order valence-corrected chi connectivity index (χ0v) is 14.6. The molecular weight excluding hydrogens is 348 g/mol. The average Bonchev–Trinajstić information content (AvgIpc) is 3.01. The van der Waals surface area contributed by atoms with Crippen LogP contribution in [-0.4, -0.2) is 44.9 Å². The first-order chi connectivity index (χ1) is 13.0. The smallest absolute Gasteiger partial charge is 0.326 e. The topological polar surface area (TPSA) is 133 Å². The number of carbonyl (C=O) groups excluding carboxylic acids is 1. The van der Waals surface area contributed by atoms with Gasteiger partial charge in [0.25, 0.3) is 5.91 Å². The third-order valence-corrected chi connectivity index (χ3v) is 4.43. The fraction of sp³-hybridized carbons (Fsp3) is 0.263. The number of aliphatic hydroxyl groups excluding tert-OH is 2. The van der Waals surface area contributed by atoms with Crippen molar-refractivity contribution in [2.75, 3.05) is 13.2 Å². The molecule has 142 valence electrons. The number of aromatic nitrogens is 2. The minimum Gasteiger partial charge on any atom is -0.394 e. The van der Waals surface area contributed by atoms with E-state index >= 15 is 0 Å². The van der Waals surface area contributed by atoms with E-state index in [0.29, 0.717) is 35.2 Å². The third-order valence-electron chi connectivity index (χ3n) is 4.43. The maximum atomic E-state index is 12.6. The number of amides is 1. The van der Waals surface area contributed by atoms with E-state index in [4.69, 9.17) is 5.73 Å². The summed E-state index contributed by atoms with van der Waals surface area (Å²) in [7, 11) is 0. The molecule has 0 aliphatic carbocycles. The van der Waals surface area contributed by atoms with Crippen molar-refractivity contribution in [2.24, 2.45) is 5.73 Å². The Morgan fingerprint density at radius 2 is 1.96 bits per heavy atom. The van der Waals surface area contributed by atoms with Crippen molar-refractivity contribution in [1.82, 2.24) is 14.9 Å². The summed E-state index contributed by atoms with van der Waals surface area (Å²) < 4.78 is 1.47. The van der Waals surface area contributed by atoms with Gasteiger partial charge < -0.3 is 26.2 Å². The van der Waals surface area contributed by atoms with Gasteiger partial charge in [-0.15, -0.1) is 0 Å². The van der Waals surface area contributed by atoms with E-state index in [1.54, 1.807) is 42.5 Å². The Hall–Kier alpha value is -2.94. The van der Waals surface area contributed by atoms with Crippen molar-refractivity contribution in [1.29, 1.82) is 0 Å². The first-order valence-electron chi connectivity index (χ1n) is 8.62. The Morgan fingerprint density at radius 1 is 1.22 bits per heavy atom. The van der Waals surface area contributed by atoms with Gasteiger partial charge in [0.1, 0.15) is 6.10 Å². The van der Waals surface area contributed by atoms with Crippen LogP contribution >= 0.6 is 0 Å². The maximum absolute atomic E-state index is 12.6. The number of rotatable bonds is 7. The van der Waals surface area contributed by atoms with Gasteiger partial charge in [0.15, 0.2) is 0 Å². The van der Waals surface area contributed by atoms with Crippen molar-refractivity contribution in [3.05, 3.63) is 70.1 Å². The predicted octanol–water partition coefficient (Wildman–Crippen LogP) is 0.113. The van der Waals surface area contributed by atoms with Crippen LogP contribution in [0.25, 0.3) is 11.0 Å². The first-order valence-corrected chi connectivity index (χ1v) is 8.62. The number of nitrogens with one attached hydrogen (secondary N) is 2. The average molecular weight is 370 g/mol. The quantitative estimate of drug-likeness (QED) is 0.403. The van der Waals surface area contributed by atoms with E-state index in [0.717, 1.165) is 0 Å². The lowest BCUT2D eigenvalue weighted by molar-refractivity contribution is 0.0703. The molecule has 3 rings (SSSR count). The van der Waals surface area contributed by atoms with Gasteiger partial charge in [-0.25, -0.2) is 4.79 Å². The van der Waals surface area contributed by atoms with Crippen molar-refractivity contribution >= 4 is 16.9 Å². The fourth-order valence-corrected chi connectivity index (χ4v) is 3.00. The number of benzene rings is 2. The Kier molecular flexibility index (Phi) is 5.70. The molecule has 0 aliphatic heterocycles. The van der Waals surface area contributed by atoms with Crippen molar-refractivity contribution in [3.8, 4) is 0 Å². The van der Waals surface area contributed by atoms with Gasteiger partial charge in [0.2, 0.25) is 0 Å². The molecular formula is C19H22N4O4. The first kappa shape index (κ1) is 18.8. The number of fused-ring (bicyclic) bond motifs is 1. The Morgan fingerprint density at radius 3 is 2.63 bits per heavy atom. The van der Waals surface area contributed by atoms with Crippen LogP contribution in [0.1, 0.15) is 22.0 Å². The number of nitrogens with zero attached hydrogens (tertiary/aromatic N) is 1. The van der Waals surface area contributed by atoms with Crippen LogP contribution in [0.4, 0.5) is 0 Å². The van der Waals surface area contributed by atoms with Crippen LogP contribution in [0.15, 0.2) is 53.3 Å². The molecule has 0 fully saturated rings. The molecule has 1 aromatic heterocycles. The van der Waals surface area contributed by atoms with Crippen LogP contribution in [0.5, 0.6) is 0 Å². The Bertz CT molecular complexity index is 980. The number of hydrogen-bond acceptors (Lipinski definition) is 5. The lowest BCUT2D eigenvalue weighted by Gasteiger charge is -2.22. The maximum Gasteiger partial charge on any atom is 0.326 e. The highest BCUT2D eigenvalue weighted by Gasteiger charge is 2.23. The monoisotopic (exact) mass is 370 g/mol. The number of aliphatic hydroxyl groups is 2.